The molecule has 9 heteroatoms. The molecule has 1 aromatic heterocycles. The van der Waals surface area contributed by atoms with E-state index in [0.717, 1.165) is 27.8 Å². The summed E-state index contributed by atoms with van der Waals surface area (Å²) in [6, 6.07) is 48.6. The highest BCUT2D eigenvalue weighted by Gasteiger charge is 2.37. The molecule has 0 aliphatic heterocycles. The minimum absolute atomic E-state index is 0.0814. The Balaban J connectivity index is 1.24. The molecule has 238 valence electrons. The minimum atomic E-state index is -1.35. The first-order valence-corrected chi connectivity index (χ1v) is 16.1. The van der Waals surface area contributed by atoms with E-state index in [9.17, 15) is 14.7 Å². The van der Waals surface area contributed by atoms with E-state index in [1.165, 1.54) is 11.3 Å². The molecule has 0 spiro atoms. The molecule has 0 amide bonds. The number of carbonyl (C=O) groups is 2. The Morgan fingerprint density at radius 3 is 1.58 bits per heavy atom. The Hall–Kier alpha value is -6.06. The highest BCUT2D eigenvalue weighted by molar-refractivity contribution is 7.14. The molecule has 0 saturated carbocycles. The molecular formula is C39H31N3O5S. The van der Waals surface area contributed by atoms with E-state index in [4.69, 9.17) is 9.57 Å². The number of carbonyl (C=O) groups excluding carboxylic acids is 1. The summed E-state index contributed by atoms with van der Waals surface area (Å²) < 4.78 is 5.75. The number of carboxylic acid groups (broad SMARTS) is 1. The van der Waals surface area contributed by atoms with Crippen LogP contribution in [0.4, 0.5) is 5.13 Å². The number of hydrogen-bond acceptors (Lipinski definition) is 8. The smallest absolute Gasteiger partial charge is 0.360 e. The SMILES string of the molecule is O=C(CON=C(C(=O)O)c1csc(NC(c2ccccc2)(c2ccccc2)c2ccccc2)n1)OC(c1ccccc1)c1ccccc1. The third-order valence-electron chi connectivity index (χ3n) is 7.66. The van der Waals surface area contributed by atoms with Crippen molar-refractivity contribution in [3.8, 4) is 0 Å². The quantitative estimate of drug-likeness (QED) is 0.0569. The number of hydrogen-bond donors (Lipinski definition) is 2. The van der Waals surface area contributed by atoms with Crippen molar-refractivity contribution in [3.63, 3.8) is 0 Å². The van der Waals surface area contributed by atoms with Gasteiger partial charge in [0.15, 0.2) is 11.2 Å². The molecule has 6 aromatic rings. The zero-order chi connectivity index (χ0) is 33.2. The third kappa shape index (κ3) is 7.16. The standard InChI is InChI=1S/C39H31N3O5S/c43-34(47-36(28-16-6-1-7-17-28)29-18-8-2-9-19-29)26-46-42-35(37(44)45)33-27-48-38(40-33)41-39(30-20-10-3-11-21-30,31-22-12-4-13-23-31)32-24-14-5-15-25-32/h1-25,27,36H,26H2,(H,40,41)(H,44,45). The highest BCUT2D eigenvalue weighted by atomic mass is 32.1. The lowest BCUT2D eigenvalue weighted by Crippen LogP contribution is -2.38. The number of aromatic nitrogens is 1. The third-order valence-corrected chi connectivity index (χ3v) is 8.41. The summed E-state index contributed by atoms with van der Waals surface area (Å²) in [6.07, 6.45) is -0.669. The second-order valence-corrected chi connectivity index (χ2v) is 11.6. The van der Waals surface area contributed by atoms with Gasteiger partial charge in [-0.15, -0.1) is 11.3 Å². The van der Waals surface area contributed by atoms with Crippen LogP contribution in [-0.4, -0.2) is 34.3 Å². The van der Waals surface area contributed by atoms with Gasteiger partial charge in [-0.2, -0.15) is 0 Å². The molecule has 0 aliphatic rings. The van der Waals surface area contributed by atoms with Gasteiger partial charge in [-0.05, 0) is 27.8 Å². The maximum atomic E-state index is 12.9. The molecule has 0 bridgehead atoms. The first-order valence-electron chi connectivity index (χ1n) is 15.2. The number of nitrogens with zero attached hydrogens (tertiary/aromatic N) is 2. The summed E-state index contributed by atoms with van der Waals surface area (Å²) in [5.74, 6) is -2.06. The first-order chi connectivity index (χ1) is 23.5. The van der Waals surface area contributed by atoms with E-state index in [1.807, 2.05) is 152 Å². The molecular weight excluding hydrogens is 623 g/mol. The number of ether oxygens (including phenoxy) is 1. The van der Waals surface area contributed by atoms with Crippen LogP contribution in [0.2, 0.25) is 0 Å². The van der Waals surface area contributed by atoms with Crippen LogP contribution >= 0.6 is 11.3 Å². The molecule has 0 saturated heterocycles. The number of esters is 1. The molecule has 6 rings (SSSR count). The summed E-state index contributed by atoms with van der Waals surface area (Å²) in [4.78, 5) is 35.0. The fourth-order valence-electron chi connectivity index (χ4n) is 5.48. The highest BCUT2D eigenvalue weighted by Crippen LogP contribution is 2.40. The summed E-state index contributed by atoms with van der Waals surface area (Å²) in [7, 11) is 0. The van der Waals surface area contributed by atoms with Gasteiger partial charge < -0.3 is 20.0 Å². The number of anilines is 1. The second-order valence-electron chi connectivity index (χ2n) is 10.7. The molecule has 0 unspecified atom stereocenters. The Morgan fingerprint density at radius 1 is 0.708 bits per heavy atom. The van der Waals surface area contributed by atoms with Gasteiger partial charge in [0, 0.05) is 5.38 Å². The van der Waals surface area contributed by atoms with Crippen molar-refractivity contribution in [2.75, 3.05) is 11.9 Å². The van der Waals surface area contributed by atoms with Gasteiger partial charge in [0.25, 0.3) is 0 Å². The molecule has 2 N–H and O–H groups in total. The average molecular weight is 654 g/mol. The Kier molecular flexibility index (Phi) is 9.98. The van der Waals surface area contributed by atoms with E-state index in [0.29, 0.717) is 5.13 Å². The predicted octanol–water partition coefficient (Wildman–Crippen LogP) is 7.69. The van der Waals surface area contributed by atoms with Gasteiger partial charge in [-0.1, -0.05) is 157 Å². The molecule has 8 nitrogen and oxygen atoms in total. The van der Waals surface area contributed by atoms with E-state index in [2.05, 4.69) is 15.5 Å². The van der Waals surface area contributed by atoms with Gasteiger partial charge in [0.05, 0.1) is 0 Å². The first kappa shape index (κ1) is 31.9. The number of rotatable bonds is 13. The van der Waals surface area contributed by atoms with Crippen molar-refractivity contribution in [2.24, 2.45) is 5.16 Å². The topological polar surface area (TPSA) is 110 Å². The van der Waals surface area contributed by atoms with Gasteiger partial charge >= 0.3 is 11.9 Å². The van der Waals surface area contributed by atoms with Crippen molar-refractivity contribution >= 4 is 34.1 Å². The second kappa shape index (κ2) is 15.0. The van der Waals surface area contributed by atoms with Gasteiger partial charge in [0.2, 0.25) is 12.3 Å². The van der Waals surface area contributed by atoms with E-state index in [-0.39, 0.29) is 5.69 Å². The predicted molar refractivity (Wildman–Crippen MR) is 186 cm³/mol. The van der Waals surface area contributed by atoms with Crippen LogP contribution in [0, 0.1) is 0 Å². The summed E-state index contributed by atoms with van der Waals surface area (Å²) in [6.45, 7) is -0.596. The summed E-state index contributed by atoms with van der Waals surface area (Å²) >= 11 is 1.24. The maximum absolute atomic E-state index is 12.9. The summed E-state index contributed by atoms with van der Waals surface area (Å²) in [5.41, 5.74) is 3.26. The zero-order valence-electron chi connectivity index (χ0n) is 25.7. The lowest BCUT2D eigenvalue weighted by atomic mass is 9.77. The number of oxime groups is 1. The minimum Gasteiger partial charge on any atom is -0.476 e. The van der Waals surface area contributed by atoms with Gasteiger partial charge in [0.1, 0.15) is 11.2 Å². The Labute approximate surface area is 282 Å². The number of nitrogens with one attached hydrogen (secondary N) is 1. The van der Waals surface area contributed by atoms with Gasteiger partial charge in [-0.25, -0.2) is 14.6 Å². The fraction of sp³-hybridized carbons (Fsp3) is 0.0769. The molecule has 0 fully saturated rings. The molecule has 0 atom stereocenters. The fourth-order valence-corrected chi connectivity index (χ4v) is 6.23. The van der Waals surface area contributed by atoms with Crippen molar-refractivity contribution < 1.29 is 24.3 Å². The number of thiazole rings is 1. The Bertz CT molecular complexity index is 1830. The van der Waals surface area contributed by atoms with Crippen LogP contribution in [0.1, 0.15) is 39.6 Å². The average Bonchev–Trinajstić information content (AvgIpc) is 3.61. The number of aliphatic carboxylic acids is 1. The van der Waals surface area contributed by atoms with Crippen LogP contribution in [-0.2, 0) is 24.7 Å². The van der Waals surface area contributed by atoms with Crippen molar-refractivity contribution in [1.82, 2.24) is 4.98 Å². The van der Waals surface area contributed by atoms with Crippen LogP contribution < -0.4 is 5.32 Å². The van der Waals surface area contributed by atoms with Crippen molar-refractivity contribution in [1.29, 1.82) is 0 Å². The molecule has 0 radical (unpaired) electrons. The van der Waals surface area contributed by atoms with Crippen LogP contribution in [0.5, 0.6) is 0 Å². The summed E-state index contributed by atoms with van der Waals surface area (Å²) in [5, 5.41) is 19.5. The molecule has 48 heavy (non-hydrogen) atoms. The van der Waals surface area contributed by atoms with Gasteiger partial charge in [-0.3, -0.25) is 0 Å². The monoisotopic (exact) mass is 653 g/mol. The van der Waals surface area contributed by atoms with Crippen molar-refractivity contribution in [3.05, 3.63) is 191 Å². The maximum Gasteiger partial charge on any atom is 0.360 e. The molecule has 0 aliphatic carbocycles. The Morgan fingerprint density at radius 2 is 1.15 bits per heavy atom. The number of carboxylic acids is 1. The van der Waals surface area contributed by atoms with Crippen LogP contribution in [0.15, 0.2) is 162 Å². The van der Waals surface area contributed by atoms with Crippen LogP contribution in [0.25, 0.3) is 0 Å². The van der Waals surface area contributed by atoms with E-state index in [1.54, 1.807) is 5.38 Å². The van der Waals surface area contributed by atoms with Crippen molar-refractivity contribution in [2.45, 2.75) is 11.6 Å². The zero-order valence-corrected chi connectivity index (χ0v) is 26.5. The normalized spacial score (nSPS) is 11.6. The van der Waals surface area contributed by atoms with E-state index >= 15 is 0 Å². The van der Waals surface area contributed by atoms with Crippen LogP contribution in [0.3, 0.4) is 0 Å². The lowest BCUT2D eigenvalue weighted by Gasteiger charge is -2.36. The lowest BCUT2D eigenvalue weighted by molar-refractivity contribution is -0.153. The van der Waals surface area contributed by atoms with E-state index < -0.39 is 35.9 Å². The molecule has 5 aromatic carbocycles. The largest absolute Gasteiger partial charge is 0.476 e. The molecule has 1 heterocycles. The number of benzene rings is 5.